The van der Waals surface area contributed by atoms with E-state index in [1.807, 2.05) is 0 Å². The molecule has 1 aromatic heterocycles. The van der Waals surface area contributed by atoms with Gasteiger partial charge >= 0.3 is 0 Å². The maximum atomic E-state index is 4.84. The van der Waals surface area contributed by atoms with Crippen molar-refractivity contribution in [3.05, 3.63) is 22.8 Å². The molecule has 0 radical (unpaired) electrons. The van der Waals surface area contributed by atoms with Crippen molar-refractivity contribution in [3.8, 4) is 0 Å². The van der Waals surface area contributed by atoms with Gasteiger partial charge in [-0.1, -0.05) is 19.8 Å². The van der Waals surface area contributed by atoms with E-state index >= 15 is 0 Å². The summed E-state index contributed by atoms with van der Waals surface area (Å²) in [6, 6.07) is 0.775. The topological polar surface area (TPSA) is 37.8 Å². The second kappa shape index (κ2) is 5.80. The lowest BCUT2D eigenvalue weighted by molar-refractivity contribution is 0.595. The van der Waals surface area contributed by atoms with Crippen LogP contribution in [0.2, 0.25) is 0 Å². The minimum Gasteiger partial charge on any atom is -0.313 e. The van der Waals surface area contributed by atoms with Crippen LogP contribution in [-0.2, 0) is 0 Å². The van der Waals surface area contributed by atoms with Gasteiger partial charge in [-0.15, -0.1) is 0 Å². The molecule has 1 N–H and O–H groups in total. The van der Waals surface area contributed by atoms with Crippen LogP contribution < -0.4 is 5.32 Å². The van der Waals surface area contributed by atoms with E-state index in [4.69, 9.17) is 9.97 Å². The lowest BCUT2D eigenvalue weighted by Gasteiger charge is -2.19. The van der Waals surface area contributed by atoms with E-state index in [0.717, 1.165) is 18.4 Å². The van der Waals surface area contributed by atoms with E-state index in [9.17, 15) is 0 Å². The number of rotatable bonds is 5. The molecule has 0 aliphatic heterocycles. The van der Waals surface area contributed by atoms with Gasteiger partial charge in [0.05, 0.1) is 0 Å². The van der Waals surface area contributed by atoms with Crippen LogP contribution in [0.25, 0.3) is 0 Å². The molecule has 0 amide bonds. The molecule has 1 atom stereocenters. The maximum Gasteiger partial charge on any atom is 0.131 e. The van der Waals surface area contributed by atoms with Crippen LogP contribution in [0.15, 0.2) is 0 Å². The minimum absolute atomic E-state index is 0.508. The van der Waals surface area contributed by atoms with Gasteiger partial charge in [0.2, 0.25) is 0 Å². The summed E-state index contributed by atoms with van der Waals surface area (Å²) in [6.45, 7) is 7.67. The Morgan fingerprint density at radius 3 is 2.20 bits per heavy atom. The molecule has 0 bridgehead atoms. The number of nitrogens with zero attached hydrogens (tertiary/aromatic N) is 2. The summed E-state index contributed by atoms with van der Waals surface area (Å²) in [7, 11) is 0. The summed E-state index contributed by atoms with van der Waals surface area (Å²) in [5, 5.41) is 3.62. The zero-order chi connectivity index (χ0) is 14.1. The van der Waals surface area contributed by atoms with E-state index in [1.165, 1.54) is 55.5 Å². The van der Waals surface area contributed by atoms with E-state index in [0.29, 0.717) is 11.8 Å². The van der Waals surface area contributed by atoms with Crippen molar-refractivity contribution >= 4 is 0 Å². The number of aromatic nitrogens is 2. The Bertz CT molecular complexity index is 450. The van der Waals surface area contributed by atoms with Crippen molar-refractivity contribution < 1.29 is 0 Å². The Morgan fingerprint density at radius 1 is 1.05 bits per heavy atom. The van der Waals surface area contributed by atoms with Crippen LogP contribution >= 0.6 is 0 Å². The molecular weight excluding hydrogens is 246 g/mol. The maximum absolute atomic E-state index is 4.84. The average Bonchev–Trinajstić information content (AvgIpc) is 3.07. The number of nitrogens with one attached hydrogen (secondary N) is 1. The molecule has 0 spiro atoms. The molecule has 3 rings (SSSR count). The van der Waals surface area contributed by atoms with Crippen molar-refractivity contribution in [1.82, 2.24) is 15.3 Å². The molecule has 1 aromatic rings. The SMILES string of the molecule is Cc1nc(C2CCCC2)nc(C)c1C(C)CNC1CC1. The van der Waals surface area contributed by atoms with E-state index in [-0.39, 0.29) is 0 Å². The Morgan fingerprint density at radius 2 is 1.65 bits per heavy atom. The molecule has 2 aliphatic rings. The van der Waals surface area contributed by atoms with E-state index < -0.39 is 0 Å². The molecule has 1 heterocycles. The van der Waals surface area contributed by atoms with Gasteiger partial charge in [-0.25, -0.2) is 9.97 Å². The zero-order valence-electron chi connectivity index (χ0n) is 13.1. The minimum atomic E-state index is 0.508. The normalized spacial score (nSPS) is 21.4. The molecule has 20 heavy (non-hydrogen) atoms. The molecule has 0 saturated heterocycles. The number of hydrogen-bond donors (Lipinski definition) is 1. The van der Waals surface area contributed by atoms with Crippen LogP contribution in [-0.4, -0.2) is 22.6 Å². The second-order valence-corrected chi connectivity index (χ2v) is 6.73. The van der Waals surface area contributed by atoms with Crippen LogP contribution in [0, 0.1) is 13.8 Å². The van der Waals surface area contributed by atoms with Crippen molar-refractivity contribution in [2.24, 2.45) is 0 Å². The molecular formula is C17H27N3. The van der Waals surface area contributed by atoms with Crippen molar-refractivity contribution in [2.45, 2.75) is 77.2 Å². The van der Waals surface area contributed by atoms with Gasteiger partial charge in [0, 0.05) is 29.9 Å². The fourth-order valence-corrected chi connectivity index (χ4v) is 3.56. The monoisotopic (exact) mass is 273 g/mol. The van der Waals surface area contributed by atoms with Gasteiger partial charge in [0.15, 0.2) is 0 Å². The van der Waals surface area contributed by atoms with Crippen molar-refractivity contribution in [1.29, 1.82) is 0 Å². The first-order chi connectivity index (χ1) is 9.65. The summed E-state index contributed by atoms with van der Waals surface area (Å²) >= 11 is 0. The third-order valence-corrected chi connectivity index (χ3v) is 4.85. The van der Waals surface area contributed by atoms with Gasteiger partial charge in [0.1, 0.15) is 5.82 Å². The highest BCUT2D eigenvalue weighted by atomic mass is 15.0. The van der Waals surface area contributed by atoms with Gasteiger partial charge in [0.25, 0.3) is 0 Å². The highest BCUT2D eigenvalue weighted by Crippen LogP contribution is 2.33. The standard InChI is InChI=1S/C17H27N3/c1-11(10-18-15-8-9-15)16-12(2)19-17(20-13(16)3)14-6-4-5-7-14/h11,14-15,18H,4-10H2,1-3H3. The summed E-state index contributed by atoms with van der Waals surface area (Å²) in [5.74, 6) is 2.22. The van der Waals surface area contributed by atoms with Gasteiger partial charge in [-0.05, 0) is 51.0 Å². The Balaban J connectivity index is 1.76. The Kier molecular flexibility index (Phi) is 4.06. The van der Waals surface area contributed by atoms with Gasteiger partial charge in [-0.2, -0.15) is 0 Å². The second-order valence-electron chi connectivity index (χ2n) is 6.73. The van der Waals surface area contributed by atoms with Crippen molar-refractivity contribution in [2.75, 3.05) is 6.54 Å². The highest BCUT2D eigenvalue weighted by molar-refractivity contribution is 5.29. The van der Waals surface area contributed by atoms with Crippen LogP contribution in [0.5, 0.6) is 0 Å². The predicted octanol–water partition coefficient (Wildman–Crippen LogP) is 3.61. The summed E-state index contributed by atoms with van der Waals surface area (Å²) in [5.41, 5.74) is 3.76. The summed E-state index contributed by atoms with van der Waals surface area (Å²) in [6.07, 6.45) is 7.93. The molecule has 0 aromatic carbocycles. The molecule has 2 saturated carbocycles. The van der Waals surface area contributed by atoms with Gasteiger partial charge in [-0.3, -0.25) is 0 Å². The highest BCUT2D eigenvalue weighted by Gasteiger charge is 2.24. The Labute approximate surface area is 122 Å². The Hall–Kier alpha value is -0.960. The average molecular weight is 273 g/mol. The predicted molar refractivity (Wildman–Crippen MR) is 82.2 cm³/mol. The summed E-state index contributed by atoms with van der Waals surface area (Å²) in [4.78, 5) is 9.68. The lowest BCUT2D eigenvalue weighted by atomic mass is 9.97. The third kappa shape index (κ3) is 3.03. The quantitative estimate of drug-likeness (QED) is 0.890. The van der Waals surface area contributed by atoms with Crippen LogP contribution in [0.4, 0.5) is 0 Å². The fourth-order valence-electron chi connectivity index (χ4n) is 3.56. The molecule has 2 fully saturated rings. The van der Waals surface area contributed by atoms with Crippen molar-refractivity contribution in [3.63, 3.8) is 0 Å². The van der Waals surface area contributed by atoms with Crippen LogP contribution in [0.3, 0.4) is 0 Å². The first-order valence-corrected chi connectivity index (χ1v) is 8.23. The largest absolute Gasteiger partial charge is 0.313 e. The zero-order valence-corrected chi connectivity index (χ0v) is 13.1. The number of aryl methyl sites for hydroxylation is 2. The third-order valence-electron chi connectivity index (χ3n) is 4.85. The fraction of sp³-hybridized carbons (Fsp3) is 0.765. The molecule has 1 unspecified atom stereocenters. The van der Waals surface area contributed by atoms with Gasteiger partial charge < -0.3 is 5.32 Å². The first-order valence-electron chi connectivity index (χ1n) is 8.23. The molecule has 110 valence electrons. The smallest absolute Gasteiger partial charge is 0.131 e. The van der Waals surface area contributed by atoms with E-state index in [1.54, 1.807) is 0 Å². The molecule has 3 heteroatoms. The number of hydrogen-bond acceptors (Lipinski definition) is 3. The lowest BCUT2D eigenvalue weighted by Crippen LogP contribution is -2.23. The van der Waals surface area contributed by atoms with E-state index in [2.05, 4.69) is 26.1 Å². The summed E-state index contributed by atoms with van der Waals surface area (Å²) < 4.78 is 0. The molecule has 3 nitrogen and oxygen atoms in total. The first kappa shape index (κ1) is 14.0. The van der Waals surface area contributed by atoms with Crippen LogP contribution in [0.1, 0.15) is 80.1 Å². The molecule has 2 aliphatic carbocycles.